The molecule has 1 aliphatic carbocycles. The fourth-order valence-electron chi connectivity index (χ4n) is 2.10. The standard InChI is InChI=1S/C14H21N/c1-11(2)5-7-14(10-15)8-6-12(3)13(4)9-14/h5H,6-9H2,1-4H3/t14-/m0/s1. The first kappa shape index (κ1) is 12.0. The number of allylic oxidation sites excluding steroid dienone is 4. The van der Waals surface area contributed by atoms with Gasteiger partial charge in [-0.2, -0.15) is 5.26 Å². The van der Waals surface area contributed by atoms with Crippen LogP contribution in [0, 0.1) is 16.7 Å². The van der Waals surface area contributed by atoms with Crippen molar-refractivity contribution in [2.24, 2.45) is 5.41 Å². The van der Waals surface area contributed by atoms with Crippen LogP contribution in [0.3, 0.4) is 0 Å². The van der Waals surface area contributed by atoms with Crippen LogP contribution in [-0.4, -0.2) is 0 Å². The molecule has 0 aromatic heterocycles. The molecule has 0 N–H and O–H groups in total. The van der Waals surface area contributed by atoms with Crippen LogP contribution in [0.5, 0.6) is 0 Å². The summed E-state index contributed by atoms with van der Waals surface area (Å²) in [6, 6.07) is 2.54. The lowest BCUT2D eigenvalue weighted by atomic mass is 9.71. The third-order valence-electron chi connectivity index (χ3n) is 3.45. The van der Waals surface area contributed by atoms with Gasteiger partial charge < -0.3 is 0 Å². The van der Waals surface area contributed by atoms with Crippen molar-refractivity contribution in [1.82, 2.24) is 0 Å². The summed E-state index contributed by atoms with van der Waals surface area (Å²) in [4.78, 5) is 0. The summed E-state index contributed by atoms with van der Waals surface area (Å²) in [6.45, 7) is 8.56. The summed E-state index contributed by atoms with van der Waals surface area (Å²) >= 11 is 0. The third kappa shape index (κ3) is 2.96. The van der Waals surface area contributed by atoms with Crippen molar-refractivity contribution in [3.05, 3.63) is 22.8 Å². The Balaban J connectivity index is 2.82. The van der Waals surface area contributed by atoms with E-state index in [0.29, 0.717) is 0 Å². The molecule has 0 spiro atoms. The van der Waals surface area contributed by atoms with Gasteiger partial charge in [-0.05, 0) is 53.4 Å². The minimum Gasteiger partial charge on any atom is -0.198 e. The van der Waals surface area contributed by atoms with Gasteiger partial charge in [0.25, 0.3) is 0 Å². The lowest BCUT2D eigenvalue weighted by Gasteiger charge is -2.31. The fraction of sp³-hybridized carbons (Fsp3) is 0.643. The molecule has 0 radical (unpaired) electrons. The van der Waals surface area contributed by atoms with Crippen LogP contribution < -0.4 is 0 Å². The maximum absolute atomic E-state index is 9.36. The zero-order valence-corrected chi connectivity index (χ0v) is 10.4. The van der Waals surface area contributed by atoms with E-state index in [4.69, 9.17) is 0 Å². The highest BCUT2D eigenvalue weighted by molar-refractivity contribution is 5.22. The minimum atomic E-state index is -0.124. The van der Waals surface area contributed by atoms with Crippen LogP contribution in [0.25, 0.3) is 0 Å². The normalized spacial score (nSPS) is 26.1. The molecule has 1 rings (SSSR count). The van der Waals surface area contributed by atoms with Gasteiger partial charge in [-0.15, -0.1) is 0 Å². The van der Waals surface area contributed by atoms with Crippen LogP contribution in [0.2, 0.25) is 0 Å². The summed E-state index contributed by atoms with van der Waals surface area (Å²) in [5.74, 6) is 0. The Bertz CT molecular complexity index is 337. The van der Waals surface area contributed by atoms with E-state index in [1.54, 1.807) is 0 Å². The maximum Gasteiger partial charge on any atom is 0.0696 e. The average Bonchev–Trinajstić information content (AvgIpc) is 2.20. The predicted molar refractivity (Wildman–Crippen MR) is 64.3 cm³/mol. The molecule has 0 saturated heterocycles. The molecule has 1 heteroatoms. The van der Waals surface area contributed by atoms with Crippen molar-refractivity contribution in [2.45, 2.75) is 53.4 Å². The smallest absolute Gasteiger partial charge is 0.0696 e. The number of nitrogens with zero attached hydrogens (tertiary/aromatic N) is 1. The largest absolute Gasteiger partial charge is 0.198 e. The third-order valence-corrected chi connectivity index (χ3v) is 3.45. The molecule has 1 atom stereocenters. The minimum absolute atomic E-state index is 0.124. The van der Waals surface area contributed by atoms with Crippen molar-refractivity contribution in [3.63, 3.8) is 0 Å². The van der Waals surface area contributed by atoms with Gasteiger partial charge in [0.2, 0.25) is 0 Å². The van der Waals surface area contributed by atoms with Gasteiger partial charge in [0.1, 0.15) is 0 Å². The van der Waals surface area contributed by atoms with Gasteiger partial charge in [0.05, 0.1) is 11.5 Å². The number of rotatable bonds is 2. The van der Waals surface area contributed by atoms with Gasteiger partial charge in [-0.1, -0.05) is 22.8 Å². The van der Waals surface area contributed by atoms with Crippen molar-refractivity contribution >= 4 is 0 Å². The highest BCUT2D eigenvalue weighted by atomic mass is 14.4. The summed E-state index contributed by atoms with van der Waals surface area (Å²) in [5, 5.41) is 9.36. The first-order valence-corrected chi connectivity index (χ1v) is 5.69. The molecule has 82 valence electrons. The summed E-state index contributed by atoms with van der Waals surface area (Å²) in [5.41, 5.74) is 4.09. The topological polar surface area (TPSA) is 23.8 Å². The molecule has 0 fully saturated rings. The SMILES string of the molecule is CC(C)=CC[C@]1(C#N)CCC(C)=C(C)C1. The lowest BCUT2D eigenvalue weighted by molar-refractivity contribution is 0.343. The highest BCUT2D eigenvalue weighted by Crippen LogP contribution is 2.41. The van der Waals surface area contributed by atoms with Gasteiger partial charge in [-0.25, -0.2) is 0 Å². The second-order valence-electron chi connectivity index (χ2n) is 5.12. The number of hydrogen-bond acceptors (Lipinski definition) is 1. The van der Waals surface area contributed by atoms with E-state index in [-0.39, 0.29) is 5.41 Å². The molecular weight excluding hydrogens is 182 g/mol. The Morgan fingerprint density at radius 2 is 2.07 bits per heavy atom. The Kier molecular flexibility index (Phi) is 3.74. The van der Waals surface area contributed by atoms with Crippen molar-refractivity contribution < 1.29 is 0 Å². The Labute approximate surface area is 93.5 Å². The quantitative estimate of drug-likeness (QED) is 0.611. The van der Waals surface area contributed by atoms with Crippen LogP contribution in [-0.2, 0) is 0 Å². The molecule has 0 aromatic rings. The molecule has 15 heavy (non-hydrogen) atoms. The van der Waals surface area contributed by atoms with E-state index in [0.717, 1.165) is 25.7 Å². The number of hydrogen-bond donors (Lipinski definition) is 0. The van der Waals surface area contributed by atoms with Crippen molar-refractivity contribution in [1.29, 1.82) is 5.26 Å². The molecule has 0 aliphatic heterocycles. The maximum atomic E-state index is 9.36. The Hall–Kier alpha value is -1.03. The van der Waals surface area contributed by atoms with E-state index in [1.807, 2.05) is 0 Å². The van der Waals surface area contributed by atoms with Crippen LogP contribution in [0.1, 0.15) is 53.4 Å². The monoisotopic (exact) mass is 203 g/mol. The Morgan fingerprint density at radius 1 is 1.40 bits per heavy atom. The first-order valence-electron chi connectivity index (χ1n) is 5.69. The van der Waals surface area contributed by atoms with Gasteiger partial charge in [0, 0.05) is 0 Å². The summed E-state index contributed by atoms with van der Waals surface area (Å²) in [7, 11) is 0. The molecule has 0 saturated carbocycles. The molecule has 1 aliphatic rings. The van der Waals surface area contributed by atoms with E-state index >= 15 is 0 Å². The molecule has 0 heterocycles. The van der Waals surface area contributed by atoms with Crippen molar-refractivity contribution in [3.8, 4) is 6.07 Å². The van der Waals surface area contributed by atoms with Gasteiger partial charge >= 0.3 is 0 Å². The zero-order chi connectivity index (χ0) is 11.5. The molecule has 0 unspecified atom stereocenters. The van der Waals surface area contributed by atoms with Gasteiger partial charge in [0.15, 0.2) is 0 Å². The van der Waals surface area contributed by atoms with Gasteiger partial charge in [-0.3, -0.25) is 0 Å². The first-order chi connectivity index (χ1) is 6.99. The lowest BCUT2D eigenvalue weighted by Crippen LogP contribution is -2.22. The summed E-state index contributed by atoms with van der Waals surface area (Å²) in [6.07, 6.45) is 6.19. The van der Waals surface area contributed by atoms with Crippen LogP contribution in [0.15, 0.2) is 22.8 Å². The highest BCUT2D eigenvalue weighted by Gasteiger charge is 2.32. The molecular formula is C14H21N. The molecule has 1 nitrogen and oxygen atoms in total. The Morgan fingerprint density at radius 3 is 2.53 bits per heavy atom. The zero-order valence-electron chi connectivity index (χ0n) is 10.4. The second kappa shape index (κ2) is 4.66. The van der Waals surface area contributed by atoms with E-state index in [1.165, 1.54) is 16.7 Å². The average molecular weight is 203 g/mol. The molecule has 0 amide bonds. The van der Waals surface area contributed by atoms with Crippen molar-refractivity contribution in [2.75, 3.05) is 0 Å². The van der Waals surface area contributed by atoms with E-state index in [9.17, 15) is 5.26 Å². The second-order valence-corrected chi connectivity index (χ2v) is 5.12. The number of nitriles is 1. The van der Waals surface area contributed by atoms with Crippen LogP contribution in [0.4, 0.5) is 0 Å². The summed E-state index contributed by atoms with van der Waals surface area (Å²) < 4.78 is 0. The fourth-order valence-corrected chi connectivity index (χ4v) is 2.10. The molecule has 0 bridgehead atoms. The van der Waals surface area contributed by atoms with E-state index < -0.39 is 0 Å². The van der Waals surface area contributed by atoms with Crippen LogP contribution >= 0.6 is 0 Å². The molecule has 0 aromatic carbocycles. The van der Waals surface area contributed by atoms with E-state index in [2.05, 4.69) is 39.8 Å². The predicted octanol–water partition coefficient (Wildman–Crippen LogP) is 4.37.